The van der Waals surface area contributed by atoms with Crippen molar-refractivity contribution in [1.29, 1.82) is 0 Å². The molecule has 4 N–H and O–H groups in total. The Morgan fingerprint density at radius 2 is 1.60 bits per heavy atom. The summed E-state index contributed by atoms with van der Waals surface area (Å²) in [4.78, 5) is 0. The van der Waals surface area contributed by atoms with E-state index < -0.39 is 11.8 Å². The second-order valence-electron chi connectivity index (χ2n) is 2.31. The van der Waals surface area contributed by atoms with Gasteiger partial charge in [0.1, 0.15) is 0 Å². The van der Waals surface area contributed by atoms with E-state index in [9.17, 15) is 0 Å². The van der Waals surface area contributed by atoms with E-state index in [1.165, 1.54) is 0 Å². The van der Waals surface area contributed by atoms with Crippen LogP contribution in [0.3, 0.4) is 0 Å². The number of rotatable bonds is 3. The average molecular weight is 261 g/mol. The molecule has 0 aliphatic carbocycles. The molecule has 64 valence electrons. The Balaban J connectivity index is 0. The highest BCUT2D eigenvalue weighted by atomic mass is 127. The number of hydrogen-bond donors (Lipinski definition) is 3. The minimum absolute atomic E-state index is 0. The van der Waals surface area contributed by atoms with E-state index in [2.05, 4.69) is 0 Å². The lowest BCUT2D eigenvalue weighted by Gasteiger charge is -2.28. The van der Waals surface area contributed by atoms with Crippen LogP contribution >= 0.6 is 24.0 Å². The molecule has 0 aromatic heterocycles. The molecular formula is C6H16INO2. The van der Waals surface area contributed by atoms with Crippen molar-refractivity contribution in [2.75, 3.05) is 0 Å². The van der Waals surface area contributed by atoms with Gasteiger partial charge in [-0.15, -0.1) is 24.0 Å². The summed E-state index contributed by atoms with van der Waals surface area (Å²) in [6, 6.07) is 0. The summed E-state index contributed by atoms with van der Waals surface area (Å²) in [7, 11) is 0. The minimum atomic E-state index is -1.40. The van der Waals surface area contributed by atoms with Crippen LogP contribution in [0, 0.1) is 0 Å². The Hall–Kier alpha value is 0.610. The first-order chi connectivity index (χ1) is 4.06. The first-order valence-electron chi connectivity index (χ1n) is 3.22. The van der Waals surface area contributed by atoms with E-state index in [1.54, 1.807) is 0 Å². The van der Waals surface area contributed by atoms with Gasteiger partial charge in [-0.3, -0.25) is 0 Å². The summed E-state index contributed by atoms with van der Waals surface area (Å²) in [6.45, 7) is 3.67. The monoisotopic (exact) mass is 261 g/mol. The zero-order valence-corrected chi connectivity index (χ0v) is 8.70. The molecule has 0 atom stereocenters. The van der Waals surface area contributed by atoms with Crippen LogP contribution in [0.5, 0.6) is 0 Å². The Morgan fingerprint density at radius 3 is 1.60 bits per heavy atom. The highest BCUT2D eigenvalue weighted by molar-refractivity contribution is 14.0. The quantitative estimate of drug-likeness (QED) is 0.510. The zero-order valence-electron chi connectivity index (χ0n) is 6.37. The Bertz CT molecular complexity index is 83.8. The van der Waals surface area contributed by atoms with E-state index in [0.29, 0.717) is 12.8 Å². The number of hydrogen-bond acceptors (Lipinski definition) is 3. The summed E-state index contributed by atoms with van der Waals surface area (Å²) in [6.07, 6.45) is -0.227. The highest BCUT2D eigenvalue weighted by Crippen LogP contribution is 2.13. The van der Waals surface area contributed by atoms with Crippen molar-refractivity contribution >= 4 is 24.0 Å². The van der Waals surface area contributed by atoms with Gasteiger partial charge in [-0.25, -0.2) is 0 Å². The fourth-order valence-electron chi connectivity index (χ4n) is 0.615. The topological polar surface area (TPSA) is 66.5 Å². The molecule has 3 nitrogen and oxygen atoms in total. The van der Waals surface area contributed by atoms with E-state index in [-0.39, 0.29) is 24.0 Å². The third-order valence-electron chi connectivity index (χ3n) is 1.83. The number of nitrogens with two attached hydrogens (primary N) is 1. The van der Waals surface area contributed by atoms with Crippen molar-refractivity contribution in [1.82, 2.24) is 0 Å². The minimum Gasteiger partial charge on any atom is -0.367 e. The van der Waals surface area contributed by atoms with Gasteiger partial charge in [-0.2, -0.15) is 0 Å². The van der Waals surface area contributed by atoms with Crippen LogP contribution in [-0.2, 0) is 0 Å². The summed E-state index contributed by atoms with van der Waals surface area (Å²) in [5.74, 6) is 0. The molecule has 0 heterocycles. The van der Waals surface area contributed by atoms with Crippen molar-refractivity contribution in [2.24, 2.45) is 5.73 Å². The summed E-state index contributed by atoms with van der Waals surface area (Å²) in [5, 5.41) is 17.4. The van der Waals surface area contributed by atoms with Crippen LogP contribution in [0.1, 0.15) is 26.7 Å². The van der Waals surface area contributed by atoms with Crippen LogP contribution in [0.4, 0.5) is 0 Å². The molecule has 0 aliphatic heterocycles. The largest absolute Gasteiger partial charge is 0.367 e. The van der Waals surface area contributed by atoms with E-state index >= 15 is 0 Å². The lowest BCUT2D eigenvalue weighted by Crippen LogP contribution is -2.49. The van der Waals surface area contributed by atoms with Gasteiger partial charge in [0, 0.05) is 0 Å². The average Bonchev–Trinajstić information content (AvgIpc) is 1.86. The third-order valence-corrected chi connectivity index (χ3v) is 1.83. The van der Waals surface area contributed by atoms with Crippen molar-refractivity contribution in [3.8, 4) is 0 Å². The number of aliphatic hydroxyl groups is 2. The van der Waals surface area contributed by atoms with Gasteiger partial charge in [0.05, 0.1) is 5.54 Å². The fourth-order valence-corrected chi connectivity index (χ4v) is 0.615. The fraction of sp³-hybridized carbons (Fsp3) is 1.00. The molecule has 0 aromatic carbocycles. The van der Waals surface area contributed by atoms with Crippen molar-refractivity contribution < 1.29 is 10.2 Å². The molecule has 0 aliphatic rings. The maximum atomic E-state index is 8.70. The van der Waals surface area contributed by atoms with Gasteiger partial charge >= 0.3 is 0 Å². The third kappa shape index (κ3) is 3.14. The predicted molar refractivity (Wildman–Crippen MR) is 51.1 cm³/mol. The standard InChI is InChI=1S/C6H15NO2.HI/c1-3-6(7,4-2)5(8)9;/h5,8-9H,3-4,7H2,1-2H3;1H. The van der Waals surface area contributed by atoms with Gasteiger partial charge in [0.25, 0.3) is 0 Å². The molecule has 0 bridgehead atoms. The normalized spacial score (nSPS) is 11.4. The van der Waals surface area contributed by atoms with Crippen LogP contribution in [0.25, 0.3) is 0 Å². The molecule has 0 fully saturated rings. The Labute approximate surface area is 78.6 Å². The molecule has 0 saturated carbocycles. The molecule has 10 heavy (non-hydrogen) atoms. The summed E-state index contributed by atoms with van der Waals surface area (Å²) < 4.78 is 0. The number of aliphatic hydroxyl groups excluding tert-OH is 1. The van der Waals surface area contributed by atoms with Crippen LogP contribution in [-0.4, -0.2) is 22.0 Å². The lowest BCUT2D eigenvalue weighted by molar-refractivity contribution is -0.0984. The van der Waals surface area contributed by atoms with Gasteiger partial charge in [-0.1, -0.05) is 13.8 Å². The second-order valence-corrected chi connectivity index (χ2v) is 2.31. The molecular weight excluding hydrogens is 245 g/mol. The lowest BCUT2D eigenvalue weighted by atomic mass is 9.94. The second kappa shape index (κ2) is 5.29. The molecule has 0 rings (SSSR count). The van der Waals surface area contributed by atoms with Crippen LogP contribution in [0.2, 0.25) is 0 Å². The predicted octanol–water partition coefficient (Wildman–Crippen LogP) is 0.433. The Kier molecular flexibility index (Phi) is 6.99. The molecule has 0 amide bonds. The molecule has 0 radical (unpaired) electrons. The van der Waals surface area contributed by atoms with Gasteiger partial charge in [-0.05, 0) is 12.8 Å². The smallest absolute Gasteiger partial charge is 0.169 e. The highest BCUT2D eigenvalue weighted by Gasteiger charge is 2.27. The van der Waals surface area contributed by atoms with Gasteiger partial charge in [0.15, 0.2) is 6.29 Å². The maximum Gasteiger partial charge on any atom is 0.169 e. The molecule has 4 heteroatoms. The van der Waals surface area contributed by atoms with Crippen LogP contribution < -0.4 is 5.73 Å². The van der Waals surface area contributed by atoms with E-state index in [1.807, 2.05) is 13.8 Å². The Morgan fingerprint density at radius 1 is 1.30 bits per heavy atom. The van der Waals surface area contributed by atoms with Gasteiger partial charge in [0.2, 0.25) is 0 Å². The summed E-state index contributed by atoms with van der Waals surface area (Å²) in [5.41, 5.74) is 4.73. The molecule has 0 aromatic rings. The molecule has 0 saturated heterocycles. The van der Waals surface area contributed by atoms with Crippen molar-refractivity contribution in [3.05, 3.63) is 0 Å². The number of halogens is 1. The van der Waals surface area contributed by atoms with E-state index in [0.717, 1.165) is 0 Å². The van der Waals surface area contributed by atoms with Crippen molar-refractivity contribution in [3.63, 3.8) is 0 Å². The van der Waals surface area contributed by atoms with Gasteiger partial charge < -0.3 is 15.9 Å². The summed E-state index contributed by atoms with van der Waals surface area (Å²) >= 11 is 0. The first-order valence-corrected chi connectivity index (χ1v) is 3.22. The first kappa shape index (κ1) is 13.2. The van der Waals surface area contributed by atoms with Crippen LogP contribution in [0.15, 0.2) is 0 Å². The maximum absolute atomic E-state index is 8.70. The van der Waals surface area contributed by atoms with Crippen molar-refractivity contribution in [2.45, 2.75) is 38.5 Å². The molecule has 0 spiro atoms. The van der Waals surface area contributed by atoms with E-state index in [4.69, 9.17) is 15.9 Å². The molecule has 0 unspecified atom stereocenters. The SMILES string of the molecule is CCC(N)(CC)C(O)O.I. The zero-order chi connectivity index (χ0) is 7.49.